The highest BCUT2D eigenvalue weighted by molar-refractivity contribution is 5.96. The molecule has 0 radical (unpaired) electrons. The van der Waals surface area contributed by atoms with Crippen molar-refractivity contribution >= 4 is 35.6 Å². The summed E-state index contributed by atoms with van der Waals surface area (Å²) >= 11 is 0. The molecule has 9 N–H and O–H groups in total. The predicted octanol–water partition coefficient (Wildman–Crippen LogP) is -2.10. The number of carboxylic acids is 2. The van der Waals surface area contributed by atoms with Crippen molar-refractivity contribution in [3.05, 3.63) is 0 Å². The minimum Gasteiger partial charge on any atom is -0.481 e. The fourth-order valence-electron chi connectivity index (χ4n) is 2.71. The van der Waals surface area contributed by atoms with Crippen LogP contribution in [0.2, 0.25) is 0 Å². The topological polar surface area (TPSA) is 231 Å². The van der Waals surface area contributed by atoms with Gasteiger partial charge in [-0.1, -0.05) is 27.7 Å². The van der Waals surface area contributed by atoms with Crippen molar-refractivity contribution < 1.29 is 39.0 Å². The first kappa shape index (κ1) is 28.8. The van der Waals surface area contributed by atoms with E-state index in [1.165, 1.54) is 0 Å². The second kappa shape index (κ2) is 13.2. The van der Waals surface area contributed by atoms with Crippen molar-refractivity contribution in [3.8, 4) is 0 Å². The molecule has 0 spiro atoms. The normalized spacial score (nSPS) is 14.7. The van der Waals surface area contributed by atoms with Gasteiger partial charge in [0, 0.05) is 0 Å². The fraction of sp³-hybridized carbons (Fsp3) is 0.684. The van der Waals surface area contributed by atoms with Crippen LogP contribution in [0.25, 0.3) is 0 Å². The molecular formula is C19H33N5O8. The molecule has 0 aromatic heterocycles. The Morgan fingerprint density at radius 2 is 1.31 bits per heavy atom. The Morgan fingerprint density at radius 1 is 0.781 bits per heavy atom. The minimum atomic E-state index is -1.49. The number of carbonyl (C=O) groups excluding carboxylic acids is 4. The maximum Gasteiger partial charge on any atom is 0.326 e. The molecule has 0 aliphatic heterocycles. The third-order valence-electron chi connectivity index (χ3n) is 4.34. The van der Waals surface area contributed by atoms with Crippen molar-refractivity contribution in [3.63, 3.8) is 0 Å². The lowest BCUT2D eigenvalue weighted by atomic mass is 10.0. The largest absolute Gasteiger partial charge is 0.481 e. The summed E-state index contributed by atoms with van der Waals surface area (Å²) < 4.78 is 0. The summed E-state index contributed by atoms with van der Waals surface area (Å²) in [5.41, 5.74) is 10.7. The third-order valence-corrected chi connectivity index (χ3v) is 4.34. The van der Waals surface area contributed by atoms with Crippen molar-refractivity contribution in [2.24, 2.45) is 23.3 Å². The third kappa shape index (κ3) is 10.7. The van der Waals surface area contributed by atoms with E-state index in [2.05, 4.69) is 16.0 Å². The van der Waals surface area contributed by atoms with E-state index in [1.54, 1.807) is 27.7 Å². The number of hydrogen-bond acceptors (Lipinski definition) is 7. The lowest BCUT2D eigenvalue weighted by Crippen LogP contribution is -2.59. The number of amides is 4. The number of rotatable bonds is 14. The summed E-state index contributed by atoms with van der Waals surface area (Å²) in [6.07, 6.45) is -1.15. The van der Waals surface area contributed by atoms with Gasteiger partial charge in [-0.2, -0.15) is 0 Å². The molecule has 13 heteroatoms. The van der Waals surface area contributed by atoms with Crippen LogP contribution in [0.15, 0.2) is 0 Å². The maximum absolute atomic E-state index is 12.7. The van der Waals surface area contributed by atoms with E-state index in [0.29, 0.717) is 0 Å². The molecule has 4 atom stereocenters. The van der Waals surface area contributed by atoms with Gasteiger partial charge in [-0.15, -0.1) is 0 Å². The Balaban J connectivity index is 5.47. The zero-order valence-corrected chi connectivity index (χ0v) is 18.6. The molecule has 0 heterocycles. The van der Waals surface area contributed by atoms with Crippen LogP contribution in [0.3, 0.4) is 0 Å². The minimum absolute atomic E-state index is 0.0591. The van der Waals surface area contributed by atoms with Crippen LogP contribution < -0.4 is 27.4 Å². The Hall–Kier alpha value is -3.22. The van der Waals surface area contributed by atoms with Gasteiger partial charge in [0.25, 0.3) is 0 Å². The SMILES string of the molecule is CC(C)CC(NC(=O)C(CC(N)=O)NC(=O)C(NC(=O)C(N)CC(=O)O)C(C)C)C(=O)O. The molecule has 0 rings (SSSR count). The molecule has 0 aliphatic rings. The van der Waals surface area contributed by atoms with Gasteiger partial charge in [0.2, 0.25) is 23.6 Å². The summed E-state index contributed by atoms with van der Waals surface area (Å²) in [6, 6.07) is -5.35. The Bertz CT molecular complexity index is 725. The van der Waals surface area contributed by atoms with E-state index in [4.69, 9.17) is 16.6 Å². The quantitative estimate of drug-likeness (QED) is 0.151. The zero-order chi connectivity index (χ0) is 25.2. The first-order valence-corrected chi connectivity index (χ1v) is 10.0. The molecule has 0 saturated carbocycles. The summed E-state index contributed by atoms with van der Waals surface area (Å²) in [5.74, 6) is -6.73. The maximum atomic E-state index is 12.7. The molecule has 4 amide bonds. The number of carbonyl (C=O) groups is 6. The van der Waals surface area contributed by atoms with Crippen molar-refractivity contribution in [2.45, 2.75) is 71.1 Å². The van der Waals surface area contributed by atoms with E-state index >= 15 is 0 Å². The molecule has 32 heavy (non-hydrogen) atoms. The highest BCUT2D eigenvalue weighted by Gasteiger charge is 2.32. The van der Waals surface area contributed by atoms with Crippen LogP contribution in [0.4, 0.5) is 0 Å². The Kier molecular flexibility index (Phi) is 11.9. The zero-order valence-electron chi connectivity index (χ0n) is 18.6. The van der Waals surface area contributed by atoms with Crippen molar-refractivity contribution in [1.29, 1.82) is 0 Å². The standard InChI is InChI=1S/C19H33N5O8/c1-8(2)5-12(19(31)32)23-17(29)11(7-13(21)25)22-18(30)15(9(3)4)24-16(28)10(20)6-14(26)27/h8-12,15H,5-7,20H2,1-4H3,(H2,21,25)(H,22,30)(H,23,29)(H,24,28)(H,26,27)(H,31,32). The van der Waals surface area contributed by atoms with Crippen LogP contribution >= 0.6 is 0 Å². The molecule has 0 aromatic carbocycles. The summed E-state index contributed by atoms with van der Waals surface area (Å²) in [7, 11) is 0. The highest BCUT2D eigenvalue weighted by atomic mass is 16.4. The molecule has 0 bridgehead atoms. The van der Waals surface area contributed by atoms with Gasteiger partial charge >= 0.3 is 11.9 Å². The van der Waals surface area contributed by atoms with E-state index in [0.717, 1.165) is 0 Å². The lowest BCUT2D eigenvalue weighted by molar-refractivity contribution is -0.143. The number of primary amides is 1. The van der Waals surface area contributed by atoms with Gasteiger partial charge in [0.15, 0.2) is 0 Å². The average molecular weight is 460 g/mol. The van der Waals surface area contributed by atoms with Gasteiger partial charge in [-0.3, -0.25) is 24.0 Å². The van der Waals surface area contributed by atoms with Gasteiger partial charge in [-0.05, 0) is 18.3 Å². The molecule has 0 saturated heterocycles. The summed E-state index contributed by atoms with van der Waals surface area (Å²) in [5, 5.41) is 24.9. The lowest BCUT2D eigenvalue weighted by Gasteiger charge is -2.26. The predicted molar refractivity (Wildman–Crippen MR) is 112 cm³/mol. The number of aliphatic carboxylic acids is 2. The number of nitrogens with two attached hydrogens (primary N) is 2. The van der Waals surface area contributed by atoms with Crippen molar-refractivity contribution in [1.82, 2.24) is 16.0 Å². The van der Waals surface area contributed by atoms with E-state index in [-0.39, 0.29) is 12.3 Å². The van der Waals surface area contributed by atoms with E-state index < -0.39 is 78.5 Å². The second-order valence-electron chi connectivity index (χ2n) is 8.20. The van der Waals surface area contributed by atoms with Gasteiger partial charge in [0.1, 0.15) is 18.1 Å². The fourth-order valence-corrected chi connectivity index (χ4v) is 2.71. The Labute approximate surface area is 185 Å². The molecule has 0 aliphatic carbocycles. The average Bonchev–Trinajstić information content (AvgIpc) is 2.62. The van der Waals surface area contributed by atoms with E-state index in [9.17, 15) is 33.9 Å². The van der Waals surface area contributed by atoms with Crippen LogP contribution in [0.5, 0.6) is 0 Å². The van der Waals surface area contributed by atoms with Crippen molar-refractivity contribution in [2.75, 3.05) is 0 Å². The smallest absolute Gasteiger partial charge is 0.326 e. The van der Waals surface area contributed by atoms with Gasteiger partial charge in [0.05, 0.1) is 18.9 Å². The van der Waals surface area contributed by atoms with Gasteiger partial charge < -0.3 is 37.6 Å². The molecule has 0 fully saturated rings. The molecule has 13 nitrogen and oxygen atoms in total. The first-order chi connectivity index (χ1) is 14.6. The summed E-state index contributed by atoms with van der Waals surface area (Å²) in [6.45, 7) is 6.69. The van der Waals surface area contributed by atoms with Crippen LogP contribution in [0, 0.1) is 11.8 Å². The molecular weight excluding hydrogens is 426 g/mol. The number of nitrogens with one attached hydrogen (secondary N) is 3. The highest BCUT2D eigenvalue weighted by Crippen LogP contribution is 2.08. The van der Waals surface area contributed by atoms with E-state index in [1.807, 2.05) is 0 Å². The van der Waals surface area contributed by atoms with Gasteiger partial charge in [-0.25, -0.2) is 4.79 Å². The second-order valence-corrected chi connectivity index (χ2v) is 8.20. The molecule has 4 unspecified atom stereocenters. The number of hydrogen-bond donors (Lipinski definition) is 7. The summed E-state index contributed by atoms with van der Waals surface area (Å²) in [4.78, 5) is 71.0. The number of carboxylic acid groups (broad SMARTS) is 2. The Morgan fingerprint density at radius 3 is 1.72 bits per heavy atom. The first-order valence-electron chi connectivity index (χ1n) is 10.0. The van der Waals surface area contributed by atoms with Crippen LogP contribution in [-0.4, -0.2) is 69.9 Å². The van der Waals surface area contributed by atoms with Crippen LogP contribution in [-0.2, 0) is 28.8 Å². The molecule has 0 aromatic rings. The monoisotopic (exact) mass is 459 g/mol. The van der Waals surface area contributed by atoms with Crippen LogP contribution in [0.1, 0.15) is 47.0 Å². The molecule has 182 valence electrons.